The van der Waals surface area contributed by atoms with E-state index in [0.717, 1.165) is 17.0 Å². The Balaban J connectivity index is 2.50. The highest BCUT2D eigenvalue weighted by atomic mass is 32.1. The molecule has 1 aliphatic heterocycles. The van der Waals surface area contributed by atoms with Crippen LogP contribution in [0.1, 0.15) is 32.4 Å². The summed E-state index contributed by atoms with van der Waals surface area (Å²) in [6.07, 6.45) is 0. The molecule has 0 aromatic heterocycles. The standard InChI is InChI=1S/C16H19N3OS/c1-16(2,3)14-12(9-17)13(18-15(21)19-14)10-5-7-11(20-4)8-6-10/h5-8,13H,1-4H3,(H2,18,19,21)/t13-/m1/s1. The molecule has 0 spiro atoms. The molecule has 1 aliphatic rings. The van der Waals surface area contributed by atoms with Crippen LogP contribution in [-0.4, -0.2) is 12.2 Å². The average molecular weight is 301 g/mol. The van der Waals surface area contributed by atoms with E-state index in [9.17, 15) is 5.26 Å². The Hall–Kier alpha value is -2.06. The van der Waals surface area contributed by atoms with Crippen LogP contribution in [0.5, 0.6) is 5.75 Å². The van der Waals surface area contributed by atoms with Crippen LogP contribution >= 0.6 is 12.2 Å². The molecule has 0 bridgehead atoms. The second-order valence-corrected chi connectivity index (χ2v) is 6.36. The van der Waals surface area contributed by atoms with Gasteiger partial charge in [-0.3, -0.25) is 0 Å². The maximum atomic E-state index is 9.59. The predicted molar refractivity (Wildman–Crippen MR) is 86.7 cm³/mol. The number of allylic oxidation sites excluding steroid dienone is 1. The Bertz CT molecular complexity index is 620. The van der Waals surface area contributed by atoms with E-state index in [1.165, 1.54) is 0 Å². The molecule has 0 fully saturated rings. The number of nitriles is 1. The minimum atomic E-state index is -0.233. The van der Waals surface area contributed by atoms with Gasteiger partial charge in [0.05, 0.1) is 24.8 Å². The lowest BCUT2D eigenvalue weighted by molar-refractivity contribution is 0.414. The molecule has 0 amide bonds. The fourth-order valence-corrected chi connectivity index (χ4v) is 2.54. The first-order valence-corrected chi connectivity index (χ1v) is 7.14. The van der Waals surface area contributed by atoms with Crippen molar-refractivity contribution < 1.29 is 4.74 Å². The van der Waals surface area contributed by atoms with Crippen molar-refractivity contribution in [3.05, 3.63) is 41.1 Å². The van der Waals surface area contributed by atoms with E-state index in [1.807, 2.05) is 24.3 Å². The zero-order valence-electron chi connectivity index (χ0n) is 12.7. The summed E-state index contributed by atoms with van der Waals surface area (Å²) in [4.78, 5) is 0. The molecule has 1 aromatic rings. The summed E-state index contributed by atoms with van der Waals surface area (Å²) in [5.74, 6) is 0.786. The van der Waals surface area contributed by atoms with Crippen molar-refractivity contribution in [2.45, 2.75) is 26.8 Å². The number of hydrogen-bond donors (Lipinski definition) is 2. The monoisotopic (exact) mass is 301 g/mol. The first kappa shape index (κ1) is 15.3. The molecule has 2 rings (SSSR count). The molecule has 5 heteroatoms. The largest absolute Gasteiger partial charge is 0.497 e. The van der Waals surface area contributed by atoms with E-state index in [0.29, 0.717) is 10.7 Å². The van der Waals surface area contributed by atoms with E-state index in [-0.39, 0.29) is 11.5 Å². The van der Waals surface area contributed by atoms with Crippen LogP contribution in [-0.2, 0) is 0 Å². The highest BCUT2D eigenvalue weighted by Crippen LogP contribution is 2.34. The lowest BCUT2D eigenvalue weighted by Crippen LogP contribution is -2.46. The summed E-state index contributed by atoms with van der Waals surface area (Å²) in [5, 5.41) is 16.4. The van der Waals surface area contributed by atoms with Crippen LogP contribution in [0.4, 0.5) is 0 Å². The van der Waals surface area contributed by atoms with E-state index in [4.69, 9.17) is 17.0 Å². The van der Waals surface area contributed by atoms with Gasteiger partial charge in [-0.2, -0.15) is 5.26 Å². The van der Waals surface area contributed by atoms with Crippen molar-refractivity contribution >= 4 is 17.3 Å². The molecule has 110 valence electrons. The Morgan fingerprint density at radius 3 is 2.33 bits per heavy atom. The molecular formula is C16H19N3OS. The first-order valence-electron chi connectivity index (χ1n) is 6.73. The van der Waals surface area contributed by atoms with E-state index < -0.39 is 0 Å². The molecule has 1 atom stereocenters. The third kappa shape index (κ3) is 3.17. The maximum Gasteiger partial charge on any atom is 0.171 e. The summed E-state index contributed by atoms with van der Waals surface area (Å²) < 4.78 is 5.17. The predicted octanol–water partition coefficient (Wildman–Crippen LogP) is 3.04. The summed E-state index contributed by atoms with van der Waals surface area (Å²) in [6.45, 7) is 6.18. The number of thiocarbonyl (C=S) groups is 1. The Kier molecular flexibility index (Phi) is 4.19. The van der Waals surface area contributed by atoms with Crippen LogP contribution in [0.25, 0.3) is 0 Å². The van der Waals surface area contributed by atoms with Gasteiger partial charge in [-0.05, 0) is 29.9 Å². The maximum absolute atomic E-state index is 9.59. The zero-order chi connectivity index (χ0) is 15.6. The van der Waals surface area contributed by atoms with Gasteiger partial charge in [0.1, 0.15) is 5.75 Å². The Morgan fingerprint density at radius 2 is 1.86 bits per heavy atom. The molecule has 0 saturated carbocycles. The molecule has 21 heavy (non-hydrogen) atoms. The number of ether oxygens (including phenoxy) is 1. The molecule has 0 saturated heterocycles. The second kappa shape index (κ2) is 5.74. The van der Waals surface area contributed by atoms with Gasteiger partial charge >= 0.3 is 0 Å². The topological polar surface area (TPSA) is 57.1 Å². The van der Waals surface area contributed by atoms with Crippen LogP contribution in [0.3, 0.4) is 0 Å². The van der Waals surface area contributed by atoms with Crippen molar-refractivity contribution in [3.63, 3.8) is 0 Å². The van der Waals surface area contributed by atoms with Crippen molar-refractivity contribution in [1.29, 1.82) is 5.26 Å². The van der Waals surface area contributed by atoms with Crippen LogP contribution in [0.2, 0.25) is 0 Å². The lowest BCUT2D eigenvalue weighted by atomic mass is 9.84. The van der Waals surface area contributed by atoms with Gasteiger partial charge in [-0.25, -0.2) is 0 Å². The number of rotatable bonds is 2. The number of hydrogen-bond acceptors (Lipinski definition) is 3. The Labute approximate surface area is 130 Å². The number of nitrogens with zero attached hydrogens (tertiary/aromatic N) is 1. The van der Waals surface area contributed by atoms with Crippen LogP contribution < -0.4 is 15.4 Å². The third-order valence-electron chi connectivity index (χ3n) is 3.39. The molecule has 0 aliphatic carbocycles. The average Bonchev–Trinajstić information content (AvgIpc) is 2.45. The van der Waals surface area contributed by atoms with E-state index >= 15 is 0 Å². The zero-order valence-corrected chi connectivity index (χ0v) is 13.5. The third-order valence-corrected chi connectivity index (χ3v) is 3.61. The van der Waals surface area contributed by atoms with Crippen LogP contribution in [0.15, 0.2) is 35.5 Å². The van der Waals surface area contributed by atoms with Crippen LogP contribution in [0, 0.1) is 16.7 Å². The second-order valence-electron chi connectivity index (χ2n) is 5.96. The van der Waals surface area contributed by atoms with Gasteiger partial charge in [-0.15, -0.1) is 0 Å². The summed E-state index contributed by atoms with van der Waals surface area (Å²) in [7, 11) is 1.63. The SMILES string of the molecule is COc1ccc([C@H]2NC(=S)NC(C(C)(C)C)=C2C#N)cc1. The van der Waals surface area contributed by atoms with E-state index in [2.05, 4.69) is 37.5 Å². The highest BCUT2D eigenvalue weighted by Gasteiger charge is 2.32. The number of nitrogens with one attached hydrogen (secondary N) is 2. The fourth-order valence-electron chi connectivity index (χ4n) is 2.32. The lowest BCUT2D eigenvalue weighted by Gasteiger charge is -2.34. The van der Waals surface area contributed by atoms with Crippen molar-refractivity contribution in [3.8, 4) is 11.8 Å². The quantitative estimate of drug-likeness (QED) is 0.822. The van der Waals surface area contributed by atoms with Crippen molar-refractivity contribution in [2.24, 2.45) is 5.41 Å². The molecule has 4 nitrogen and oxygen atoms in total. The van der Waals surface area contributed by atoms with Crippen molar-refractivity contribution in [2.75, 3.05) is 7.11 Å². The van der Waals surface area contributed by atoms with Gasteiger partial charge < -0.3 is 15.4 Å². The fraction of sp³-hybridized carbons (Fsp3) is 0.375. The number of methoxy groups -OCH3 is 1. The van der Waals surface area contributed by atoms with Gasteiger partial charge in [0.25, 0.3) is 0 Å². The molecule has 1 heterocycles. The molecular weight excluding hydrogens is 282 g/mol. The van der Waals surface area contributed by atoms with Gasteiger partial charge in [0, 0.05) is 11.1 Å². The van der Waals surface area contributed by atoms with Gasteiger partial charge in [0.2, 0.25) is 0 Å². The minimum absolute atomic E-state index is 0.179. The molecule has 1 aromatic carbocycles. The summed E-state index contributed by atoms with van der Waals surface area (Å²) in [5.41, 5.74) is 2.34. The summed E-state index contributed by atoms with van der Waals surface area (Å²) >= 11 is 5.29. The van der Waals surface area contributed by atoms with Gasteiger partial charge in [-0.1, -0.05) is 32.9 Å². The smallest absolute Gasteiger partial charge is 0.171 e. The first-order chi connectivity index (χ1) is 9.86. The molecule has 2 N–H and O–H groups in total. The Morgan fingerprint density at radius 1 is 1.24 bits per heavy atom. The van der Waals surface area contributed by atoms with Gasteiger partial charge in [0.15, 0.2) is 5.11 Å². The normalized spacial score (nSPS) is 18.6. The van der Waals surface area contributed by atoms with Crippen molar-refractivity contribution in [1.82, 2.24) is 10.6 Å². The summed E-state index contributed by atoms with van der Waals surface area (Å²) in [6, 6.07) is 9.75. The minimum Gasteiger partial charge on any atom is -0.497 e. The highest BCUT2D eigenvalue weighted by molar-refractivity contribution is 7.80. The molecule has 0 radical (unpaired) electrons. The van der Waals surface area contributed by atoms with E-state index in [1.54, 1.807) is 7.11 Å². The molecule has 0 unspecified atom stereocenters. The number of benzene rings is 1.